The Morgan fingerprint density at radius 3 is 3.06 bits per heavy atom. The zero-order chi connectivity index (χ0) is 12.8. The summed E-state index contributed by atoms with van der Waals surface area (Å²) in [6.07, 6.45) is 6.50. The van der Waals surface area contributed by atoms with Crippen LogP contribution in [-0.2, 0) is 16.1 Å². The Morgan fingerprint density at radius 2 is 2.47 bits per heavy atom. The number of halogens is 1. The Labute approximate surface area is 106 Å². The van der Waals surface area contributed by atoms with Crippen molar-refractivity contribution in [3.63, 3.8) is 0 Å². The minimum Gasteiger partial charge on any atom is -0.468 e. The van der Waals surface area contributed by atoms with Gasteiger partial charge in [0.2, 0.25) is 0 Å². The van der Waals surface area contributed by atoms with Crippen LogP contribution in [0.3, 0.4) is 0 Å². The summed E-state index contributed by atoms with van der Waals surface area (Å²) in [4.78, 5) is 22.6. The van der Waals surface area contributed by atoms with Crippen LogP contribution in [0.15, 0.2) is 15.5 Å². The molecule has 1 rings (SSSR count). The van der Waals surface area contributed by atoms with E-state index in [2.05, 4.69) is 37.0 Å². The molecular formula is C10H10BrN3O3. The van der Waals surface area contributed by atoms with Gasteiger partial charge in [0.25, 0.3) is 5.56 Å². The Bertz CT molecular complexity index is 519. The van der Waals surface area contributed by atoms with Crippen LogP contribution in [-0.4, -0.2) is 29.4 Å². The molecule has 0 unspecified atom stereocenters. The molecule has 7 heteroatoms. The molecule has 0 atom stereocenters. The van der Waals surface area contributed by atoms with Crippen LogP contribution in [0.5, 0.6) is 0 Å². The molecule has 0 fully saturated rings. The average Bonchev–Trinajstić information content (AvgIpc) is 2.34. The van der Waals surface area contributed by atoms with E-state index >= 15 is 0 Å². The first-order valence-corrected chi connectivity index (χ1v) is 5.39. The molecule has 0 amide bonds. The van der Waals surface area contributed by atoms with Crippen molar-refractivity contribution in [1.82, 2.24) is 9.78 Å². The highest BCUT2D eigenvalue weighted by atomic mass is 79.9. The Morgan fingerprint density at radius 1 is 1.76 bits per heavy atom. The number of terminal acetylenes is 1. The van der Waals surface area contributed by atoms with Gasteiger partial charge < -0.3 is 10.1 Å². The van der Waals surface area contributed by atoms with E-state index in [4.69, 9.17) is 6.42 Å². The molecule has 1 N–H and O–H groups in total. The van der Waals surface area contributed by atoms with Crippen molar-refractivity contribution in [3.8, 4) is 12.3 Å². The molecule has 0 spiro atoms. The molecule has 90 valence electrons. The summed E-state index contributed by atoms with van der Waals surface area (Å²) in [5.74, 6) is 1.88. The third kappa shape index (κ3) is 3.32. The van der Waals surface area contributed by atoms with Crippen LogP contribution in [0.25, 0.3) is 0 Å². The lowest BCUT2D eigenvalue weighted by molar-refractivity contribution is -0.138. The van der Waals surface area contributed by atoms with E-state index < -0.39 is 5.97 Å². The molecule has 0 radical (unpaired) electrons. The first-order valence-electron chi connectivity index (χ1n) is 4.60. The summed E-state index contributed by atoms with van der Waals surface area (Å²) >= 11 is 3.12. The minimum atomic E-state index is -0.440. The number of nitrogens with one attached hydrogen (secondary N) is 1. The number of methoxy groups -OCH3 is 1. The zero-order valence-corrected chi connectivity index (χ0v) is 10.7. The molecule has 0 aromatic carbocycles. The first kappa shape index (κ1) is 13.3. The molecule has 0 saturated heterocycles. The Balaban J connectivity index is 2.90. The predicted molar refractivity (Wildman–Crippen MR) is 65.5 cm³/mol. The largest absolute Gasteiger partial charge is 0.468 e. The van der Waals surface area contributed by atoms with Crippen LogP contribution >= 0.6 is 15.9 Å². The average molecular weight is 300 g/mol. The second-order valence-electron chi connectivity index (χ2n) is 2.97. The van der Waals surface area contributed by atoms with Gasteiger partial charge in [-0.25, -0.2) is 4.68 Å². The van der Waals surface area contributed by atoms with Gasteiger partial charge in [-0.3, -0.25) is 9.59 Å². The highest BCUT2D eigenvalue weighted by molar-refractivity contribution is 9.10. The van der Waals surface area contributed by atoms with Gasteiger partial charge in [-0.2, -0.15) is 5.10 Å². The number of hydrogen-bond acceptors (Lipinski definition) is 5. The maximum absolute atomic E-state index is 11.7. The predicted octanol–water partition coefficient (Wildman–Crippen LogP) is 0.224. The quantitative estimate of drug-likeness (QED) is 0.636. The first-order chi connectivity index (χ1) is 8.10. The number of rotatable bonds is 4. The van der Waals surface area contributed by atoms with E-state index in [-0.39, 0.29) is 23.1 Å². The topological polar surface area (TPSA) is 73.2 Å². The number of carbonyl (C=O) groups is 1. The van der Waals surface area contributed by atoms with Crippen molar-refractivity contribution in [2.24, 2.45) is 0 Å². The second-order valence-corrected chi connectivity index (χ2v) is 3.76. The molecular weight excluding hydrogens is 290 g/mol. The van der Waals surface area contributed by atoms with Crippen molar-refractivity contribution >= 4 is 27.6 Å². The molecule has 0 saturated carbocycles. The minimum absolute atomic E-state index is 0.0463. The lowest BCUT2D eigenvalue weighted by Crippen LogP contribution is -2.25. The number of hydrogen-bond donors (Lipinski definition) is 1. The molecule has 6 nitrogen and oxygen atoms in total. The van der Waals surface area contributed by atoms with Gasteiger partial charge in [0.1, 0.15) is 17.6 Å². The van der Waals surface area contributed by atoms with E-state index in [1.807, 2.05) is 0 Å². The van der Waals surface area contributed by atoms with Crippen LogP contribution in [0, 0.1) is 12.3 Å². The summed E-state index contributed by atoms with van der Waals surface area (Å²) in [5, 5.41) is 6.57. The zero-order valence-electron chi connectivity index (χ0n) is 9.07. The van der Waals surface area contributed by atoms with Gasteiger partial charge in [-0.05, 0) is 15.9 Å². The number of aromatic nitrogens is 2. The number of anilines is 1. The fourth-order valence-electron chi connectivity index (χ4n) is 1.03. The van der Waals surface area contributed by atoms with Crippen molar-refractivity contribution in [2.45, 2.75) is 6.54 Å². The highest BCUT2D eigenvalue weighted by Crippen LogP contribution is 2.15. The molecule has 1 heterocycles. The Kier molecular flexibility index (Phi) is 4.72. The van der Waals surface area contributed by atoms with Gasteiger partial charge >= 0.3 is 5.97 Å². The fourth-order valence-corrected chi connectivity index (χ4v) is 1.47. The maximum Gasteiger partial charge on any atom is 0.325 e. The lowest BCUT2D eigenvalue weighted by Gasteiger charge is -2.08. The smallest absolute Gasteiger partial charge is 0.325 e. The number of nitrogens with zero attached hydrogens (tertiary/aromatic N) is 2. The summed E-state index contributed by atoms with van der Waals surface area (Å²) in [6, 6.07) is 0. The Hall–Kier alpha value is -1.81. The molecule has 17 heavy (non-hydrogen) atoms. The van der Waals surface area contributed by atoms with Gasteiger partial charge in [0, 0.05) is 0 Å². The summed E-state index contributed by atoms with van der Waals surface area (Å²) < 4.78 is 5.86. The maximum atomic E-state index is 11.7. The summed E-state index contributed by atoms with van der Waals surface area (Å²) in [5.41, 5.74) is 0.0477. The van der Waals surface area contributed by atoms with Gasteiger partial charge in [0.05, 0.1) is 19.0 Å². The molecule has 0 aliphatic rings. The normalized spacial score (nSPS) is 9.47. The highest BCUT2D eigenvalue weighted by Gasteiger charge is 2.09. The second kappa shape index (κ2) is 6.06. The van der Waals surface area contributed by atoms with Crippen molar-refractivity contribution in [1.29, 1.82) is 0 Å². The van der Waals surface area contributed by atoms with Crippen LogP contribution in [0.2, 0.25) is 0 Å². The molecule has 1 aromatic rings. The van der Waals surface area contributed by atoms with Crippen molar-refractivity contribution in [2.75, 3.05) is 19.0 Å². The van der Waals surface area contributed by atoms with E-state index in [1.165, 1.54) is 13.3 Å². The SMILES string of the molecule is C#CCn1ncc(NCC(=O)OC)c(Br)c1=O. The van der Waals surface area contributed by atoms with Crippen LogP contribution in [0.4, 0.5) is 5.69 Å². The number of carbonyl (C=O) groups excluding carboxylic acids is 1. The standard InChI is InChI=1S/C10H10BrN3O3/c1-3-4-14-10(16)9(11)7(5-13-14)12-6-8(15)17-2/h1,5,12H,4,6H2,2H3. The van der Waals surface area contributed by atoms with E-state index in [0.29, 0.717) is 5.69 Å². The van der Waals surface area contributed by atoms with E-state index in [1.54, 1.807) is 0 Å². The summed E-state index contributed by atoms with van der Waals surface area (Å²) in [7, 11) is 1.28. The molecule has 0 aliphatic carbocycles. The van der Waals surface area contributed by atoms with Gasteiger partial charge in [0.15, 0.2) is 0 Å². The fraction of sp³-hybridized carbons (Fsp3) is 0.300. The lowest BCUT2D eigenvalue weighted by atomic mass is 10.4. The van der Waals surface area contributed by atoms with Gasteiger partial charge in [-0.15, -0.1) is 6.42 Å². The van der Waals surface area contributed by atoms with Crippen molar-refractivity contribution in [3.05, 3.63) is 21.0 Å². The van der Waals surface area contributed by atoms with E-state index in [0.717, 1.165) is 4.68 Å². The third-order valence-electron chi connectivity index (χ3n) is 1.88. The van der Waals surface area contributed by atoms with E-state index in [9.17, 15) is 9.59 Å². The van der Waals surface area contributed by atoms with Gasteiger partial charge in [-0.1, -0.05) is 5.92 Å². The van der Waals surface area contributed by atoms with Crippen molar-refractivity contribution < 1.29 is 9.53 Å². The van der Waals surface area contributed by atoms with Crippen LogP contribution < -0.4 is 10.9 Å². The summed E-state index contributed by atoms with van der Waals surface area (Å²) in [6.45, 7) is 0.0457. The third-order valence-corrected chi connectivity index (χ3v) is 2.64. The van der Waals surface area contributed by atoms with Crippen LogP contribution in [0.1, 0.15) is 0 Å². The number of esters is 1. The molecule has 0 aliphatic heterocycles. The number of ether oxygens (including phenoxy) is 1. The monoisotopic (exact) mass is 299 g/mol. The molecule has 0 bridgehead atoms. The molecule has 1 aromatic heterocycles.